The summed E-state index contributed by atoms with van der Waals surface area (Å²) in [5.41, 5.74) is 8.61. The van der Waals surface area contributed by atoms with Gasteiger partial charge in [0.15, 0.2) is 0 Å². The van der Waals surface area contributed by atoms with Gasteiger partial charge in [-0.25, -0.2) is 0 Å². The molecule has 0 unspecified atom stereocenters. The second-order valence-electron chi connectivity index (χ2n) is 5.76. The zero-order chi connectivity index (χ0) is 14.0. The van der Waals surface area contributed by atoms with Crippen LogP contribution >= 0.6 is 0 Å². The third-order valence-electron chi connectivity index (χ3n) is 4.74. The Hall–Kier alpha value is -1.51. The number of carbonyl (C=O) groups is 1. The van der Waals surface area contributed by atoms with Crippen LogP contribution in [0.25, 0.3) is 0 Å². The molecule has 1 aromatic rings. The van der Waals surface area contributed by atoms with E-state index in [0.717, 1.165) is 49.2 Å². The fourth-order valence-corrected chi connectivity index (χ4v) is 2.93. The van der Waals surface area contributed by atoms with Gasteiger partial charge in [0.2, 0.25) is 0 Å². The number of likely N-dealkylation sites (tertiary alicyclic amines) is 1. The van der Waals surface area contributed by atoms with Crippen LogP contribution in [0.15, 0.2) is 18.2 Å². The Labute approximate surface area is 115 Å². The van der Waals surface area contributed by atoms with Crippen molar-refractivity contribution < 1.29 is 4.79 Å². The molecule has 0 aliphatic carbocycles. The summed E-state index contributed by atoms with van der Waals surface area (Å²) in [6.07, 6.45) is 3.42. The van der Waals surface area contributed by atoms with Crippen molar-refractivity contribution in [3.05, 3.63) is 29.3 Å². The van der Waals surface area contributed by atoms with Gasteiger partial charge in [0, 0.05) is 24.3 Å². The number of hydrogen-bond acceptors (Lipinski definition) is 2. The summed E-state index contributed by atoms with van der Waals surface area (Å²) >= 11 is 0. The molecule has 3 heteroatoms. The van der Waals surface area contributed by atoms with Crippen LogP contribution in [-0.2, 0) is 0 Å². The molecule has 1 heterocycles. The Morgan fingerprint density at radius 1 is 1.37 bits per heavy atom. The molecule has 1 aliphatic heterocycles. The van der Waals surface area contributed by atoms with E-state index in [4.69, 9.17) is 5.73 Å². The highest BCUT2D eigenvalue weighted by Crippen LogP contribution is 2.37. The third kappa shape index (κ3) is 2.60. The predicted molar refractivity (Wildman–Crippen MR) is 79.1 cm³/mol. The molecule has 1 amide bonds. The highest BCUT2D eigenvalue weighted by molar-refractivity contribution is 5.95. The van der Waals surface area contributed by atoms with Gasteiger partial charge in [-0.15, -0.1) is 0 Å². The quantitative estimate of drug-likeness (QED) is 0.848. The number of benzene rings is 1. The van der Waals surface area contributed by atoms with Crippen molar-refractivity contribution in [2.24, 2.45) is 5.41 Å². The van der Waals surface area contributed by atoms with Crippen molar-refractivity contribution in [3.8, 4) is 0 Å². The van der Waals surface area contributed by atoms with Crippen molar-refractivity contribution in [1.82, 2.24) is 4.90 Å². The largest absolute Gasteiger partial charge is 0.399 e. The lowest BCUT2D eigenvalue weighted by atomic mass is 9.82. The second-order valence-corrected chi connectivity index (χ2v) is 5.76. The number of anilines is 1. The summed E-state index contributed by atoms with van der Waals surface area (Å²) < 4.78 is 0. The number of carbonyl (C=O) groups excluding carboxylic acids is 1. The Kier molecular flexibility index (Phi) is 3.83. The van der Waals surface area contributed by atoms with E-state index in [-0.39, 0.29) is 5.91 Å². The minimum atomic E-state index is 0.145. The minimum Gasteiger partial charge on any atom is -0.399 e. The molecule has 0 radical (unpaired) electrons. The maximum Gasteiger partial charge on any atom is 0.253 e. The zero-order valence-electron chi connectivity index (χ0n) is 12.2. The van der Waals surface area contributed by atoms with Crippen LogP contribution < -0.4 is 5.73 Å². The summed E-state index contributed by atoms with van der Waals surface area (Å²) in [5, 5.41) is 0. The Balaban J connectivity index is 2.15. The summed E-state index contributed by atoms with van der Waals surface area (Å²) in [6.45, 7) is 8.17. The van der Waals surface area contributed by atoms with E-state index < -0.39 is 0 Å². The maximum atomic E-state index is 12.5. The number of nitrogens with zero attached hydrogens (tertiary/aromatic N) is 1. The average Bonchev–Trinajstić information content (AvgIpc) is 2.86. The zero-order valence-corrected chi connectivity index (χ0v) is 12.2. The van der Waals surface area contributed by atoms with Crippen LogP contribution in [-0.4, -0.2) is 23.9 Å². The number of hydrogen-bond donors (Lipinski definition) is 1. The van der Waals surface area contributed by atoms with Crippen molar-refractivity contribution in [1.29, 1.82) is 0 Å². The number of aryl methyl sites for hydroxylation is 1. The van der Waals surface area contributed by atoms with Gasteiger partial charge in [0.05, 0.1) is 0 Å². The lowest BCUT2D eigenvalue weighted by Crippen LogP contribution is -2.31. The van der Waals surface area contributed by atoms with Crippen molar-refractivity contribution in [2.45, 2.75) is 40.0 Å². The average molecular weight is 260 g/mol. The number of nitrogen functional groups attached to an aromatic ring is 1. The van der Waals surface area contributed by atoms with Crippen molar-refractivity contribution in [2.75, 3.05) is 18.8 Å². The molecule has 1 fully saturated rings. The SMILES string of the molecule is CCC1(CC)CCN(C(=O)c2ccc(N)c(C)c2)C1. The molecule has 1 aromatic carbocycles. The molecule has 3 nitrogen and oxygen atoms in total. The smallest absolute Gasteiger partial charge is 0.253 e. The first kappa shape index (κ1) is 13.9. The van der Waals surface area contributed by atoms with E-state index in [1.807, 2.05) is 30.0 Å². The Bertz CT molecular complexity index is 478. The van der Waals surface area contributed by atoms with Crippen molar-refractivity contribution in [3.63, 3.8) is 0 Å². The molecular formula is C16H24N2O. The van der Waals surface area contributed by atoms with E-state index in [0.29, 0.717) is 5.41 Å². The van der Waals surface area contributed by atoms with E-state index in [2.05, 4.69) is 13.8 Å². The highest BCUT2D eigenvalue weighted by atomic mass is 16.2. The van der Waals surface area contributed by atoms with Crippen LogP contribution in [0.3, 0.4) is 0 Å². The number of nitrogens with two attached hydrogens (primary N) is 1. The molecule has 1 aliphatic rings. The summed E-state index contributed by atoms with van der Waals surface area (Å²) in [6, 6.07) is 5.56. The molecule has 2 rings (SSSR count). The van der Waals surface area contributed by atoms with Crippen molar-refractivity contribution >= 4 is 11.6 Å². The molecule has 0 bridgehead atoms. The van der Waals surface area contributed by atoms with Crippen LogP contribution in [0.1, 0.15) is 49.0 Å². The molecule has 2 N–H and O–H groups in total. The first-order valence-electron chi connectivity index (χ1n) is 7.17. The standard InChI is InChI=1S/C16H24N2O/c1-4-16(5-2)8-9-18(11-16)15(19)13-6-7-14(17)12(3)10-13/h6-7,10H,4-5,8-9,11,17H2,1-3H3. The van der Waals surface area contributed by atoms with Gasteiger partial charge in [-0.2, -0.15) is 0 Å². The fraction of sp³-hybridized carbons (Fsp3) is 0.562. The molecular weight excluding hydrogens is 236 g/mol. The number of amides is 1. The highest BCUT2D eigenvalue weighted by Gasteiger charge is 2.37. The van der Waals surface area contributed by atoms with E-state index in [9.17, 15) is 4.79 Å². The fourth-order valence-electron chi connectivity index (χ4n) is 2.93. The monoisotopic (exact) mass is 260 g/mol. The first-order chi connectivity index (χ1) is 9.01. The van der Waals surface area contributed by atoms with E-state index in [1.54, 1.807) is 0 Å². The molecule has 19 heavy (non-hydrogen) atoms. The second kappa shape index (κ2) is 5.24. The summed E-state index contributed by atoms with van der Waals surface area (Å²) in [4.78, 5) is 14.5. The molecule has 0 atom stereocenters. The predicted octanol–water partition coefficient (Wildman–Crippen LogP) is 3.23. The molecule has 104 valence electrons. The number of rotatable bonds is 3. The summed E-state index contributed by atoms with van der Waals surface area (Å²) in [7, 11) is 0. The molecule has 0 spiro atoms. The van der Waals surface area contributed by atoms with Gasteiger partial charge in [-0.3, -0.25) is 4.79 Å². The van der Waals surface area contributed by atoms with E-state index >= 15 is 0 Å². The third-order valence-corrected chi connectivity index (χ3v) is 4.74. The lowest BCUT2D eigenvalue weighted by Gasteiger charge is -2.26. The molecule has 1 saturated heterocycles. The minimum absolute atomic E-state index is 0.145. The Morgan fingerprint density at radius 3 is 2.58 bits per heavy atom. The van der Waals surface area contributed by atoms with Crippen LogP contribution in [0, 0.1) is 12.3 Å². The van der Waals surface area contributed by atoms with Gasteiger partial charge >= 0.3 is 0 Å². The molecule has 0 saturated carbocycles. The summed E-state index contributed by atoms with van der Waals surface area (Å²) in [5.74, 6) is 0.145. The van der Waals surface area contributed by atoms with Crippen LogP contribution in [0.5, 0.6) is 0 Å². The maximum absolute atomic E-state index is 12.5. The van der Waals surface area contributed by atoms with Gasteiger partial charge in [-0.05, 0) is 55.4 Å². The van der Waals surface area contributed by atoms with Crippen LogP contribution in [0.4, 0.5) is 5.69 Å². The molecule has 0 aromatic heterocycles. The van der Waals surface area contributed by atoms with Gasteiger partial charge < -0.3 is 10.6 Å². The van der Waals surface area contributed by atoms with E-state index in [1.165, 1.54) is 0 Å². The lowest BCUT2D eigenvalue weighted by molar-refractivity contribution is 0.0770. The van der Waals surface area contributed by atoms with Gasteiger partial charge in [0.1, 0.15) is 0 Å². The van der Waals surface area contributed by atoms with Gasteiger partial charge in [0.25, 0.3) is 5.91 Å². The van der Waals surface area contributed by atoms with Crippen LogP contribution in [0.2, 0.25) is 0 Å². The van der Waals surface area contributed by atoms with Gasteiger partial charge in [-0.1, -0.05) is 13.8 Å². The first-order valence-corrected chi connectivity index (χ1v) is 7.17. The Morgan fingerprint density at radius 2 is 2.05 bits per heavy atom. The normalized spacial score (nSPS) is 17.7. The topological polar surface area (TPSA) is 46.3 Å².